The van der Waals surface area contributed by atoms with Crippen LogP contribution < -0.4 is 0 Å². The SMILES string of the molecule is O=S1C2C=C(c3ccc(-c4ccccc4)s3)CC1CCC2. The van der Waals surface area contributed by atoms with Crippen LogP contribution in [0.25, 0.3) is 16.0 Å². The number of benzene rings is 1. The van der Waals surface area contributed by atoms with Crippen LogP contribution in [0.15, 0.2) is 48.5 Å². The first-order valence-corrected chi connectivity index (χ1v) is 9.66. The average molecular weight is 314 g/mol. The monoisotopic (exact) mass is 314 g/mol. The van der Waals surface area contributed by atoms with Crippen molar-refractivity contribution in [3.63, 3.8) is 0 Å². The summed E-state index contributed by atoms with van der Waals surface area (Å²) in [6.07, 6.45) is 6.77. The van der Waals surface area contributed by atoms with E-state index in [1.807, 2.05) is 11.3 Å². The molecule has 0 amide bonds. The molecule has 2 aromatic rings. The van der Waals surface area contributed by atoms with Gasteiger partial charge in [-0.3, -0.25) is 4.21 Å². The quantitative estimate of drug-likeness (QED) is 0.772. The Kier molecular flexibility index (Phi) is 3.56. The Morgan fingerprint density at radius 2 is 1.81 bits per heavy atom. The summed E-state index contributed by atoms with van der Waals surface area (Å²) in [7, 11) is -0.631. The molecule has 2 aliphatic heterocycles. The minimum Gasteiger partial charge on any atom is -0.259 e. The van der Waals surface area contributed by atoms with Gasteiger partial charge in [-0.1, -0.05) is 42.8 Å². The summed E-state index contributed by atoms with van der Waals surface area (Å²) in [4.78, 5) is 2.69. The third-order valence-corrected chi connectivity index (χ3v) is 7.69. The van der Waals surface area contributed by atoms with Gasteiger partial charge in [0.1, 0.15) is 0 Å². The van der Waals surface area contributed by atoms with E-state index in [4.69, 9.17) is 0 Å². The summed E-state index contributed by atoms with van der Waals surface area (Å²) in [6.45, 7) is 0. The number of thiophene rings is 1. The Morgan fingerprint density at radius 1 is 1.00 bits per heavy atom. The first kappa shape index (κ1) is 13.5. The fourth-order valence-corrected chi connectivity index (χ4v) is 6.33. The molecule has 3 heterocycles. The number of hydrogen-bond acceptors (Lipinski definition) is 2. The van der Waals surface area contributed by atoms with Gasteiger partial charge in [0.15, 0.2) is 0 Å². The van der Waals surface area contributed by atoms with Gasteiger partial charge in [-0.25, -0.2) is 0 Å². The molecule has 4 rings (SSSR count). The highest BCUT2D eigenvalue weighted by Gasteiger charge is 2.33. The Balaban J connectivity index is 1.66. The summed E-state index contributed by atoms with van der Waals surface area (Å²) >= 11 is 1.87. The van der Waals surface area contributed by atoms with E-state index in [-0.39, 0.29) is 0 Å². The molecular weight excluding hydrogens is 296 g/mol. The van der Waals surface area contributed by atoms with E-state index in [1.165, 1.54) is 27.3 Å². The summed E-state index contributed by atoms with van der Waals surface area (Å²) in [6, 6.07) is 15.0. The highest BCUT2D eigenvalue weighted by Crippen LogP contribution is 2.40. The van der Waals surface area contributed by atoms with Gasteiger partial charge in [-0.15, -0.1) is 11.3 Å². The van der Waals surface area contributed by atoms with Gasteiger partial charge in [0.2, 0.25) is 0 Å². The number of allylic oxidation sites excluding steroid dienone is 1. The fourth-order valence-electron chi connectivity index (χ4n) is 3.35. The maximum absolute atomic E-state index is 12.3. The molecule has 0 saturated carbocycles. The standard InChI is InChI=1S/C18H18OS2/c19-21-15-7-4-8-16(21)12-14(11-15)18-10-9-17(20-18)13-5-2-1-3-6-13/h1-3,5-6,9-11,15-16H,4,7-8,12H2. The summed E-state index contributed by atoms with van der Waals surface area (Å²) in [5, 5.41) is 0.695. The minimum absolute atomic E-state index is 0.301. The zero-order chi connectivity index (χ0) is 14.2. The van der Waals surface area contributed by atoms with Gasteiger partial charge in [0.25, 0.3) is 0 Å². The van der Waals surface area contributed by atoms with Crippen LogP contribution in [0.2, 0.25) is 0 Å². The van der Waals surface area contributed by atoms with E-state index >= 15 is 0 Å². The van der Waals surface area contributed by atoms with Gasteiger partial charge < -0.3 is 0 Å². The molecular formula is C18H18OS2. The first-order chi connectivity index (χ1) is 10.3. The molecule has 108 valence electrons. The largest absolute Gasteiger partial charge is 0.259 e. The van der Waals surface area contributed by atoms with Gasteiger partial charge in [0.05, 0.1) is 5.25 Å². The lowest BCUT2D eigenvalue weighted by atomic mass is 9.97. The van der Waals surface area contributed by atoms with Crippen molar-refractivity contribution in [1.29, 1.82) is 0 Å². The van der Waals surface area contributed by atoms with Crippen molar-refractivity contribution in [2.75, 3.05) is 0 Å². The number of hydrogen-bond donors (Lipinski definition) is 0. The average Bonchev–Trinajstić information content (AvgIpc) is 2.98. The molecule has 1 saturated heterocycles. The van der Waals surface area contributed by atoms with E-state index in [0.29, 0.717) is 10.5 Å². The van der Waals surface area contributed by atoms with Crippen LogP contribution in [-0.2, 0) is 10.8 Å². The van der Waals surface area contributed by atoms with Crippen LogP contribution in [0, 0.1) is 0 Å². The Bertz CT molecular complexity index is 699. The Morgan fingerprint density at radius 3 is 2.62 bits per heavy atom. The van der Waals surface area contributed by atoms with Crippen molar-refractivity contribution >= 4 is 27.7 Å². The second-order valence-electron chi connectivity index (χ2n) is 5.85. The van der Waals surface area contributed by atoms with Crippen molar-refractivity contribution in [3.8, 4) is 10.4 Å². The molecule has 0 radical (unpaired) electrons. The molecule has 0 spiro atoms. The Labute approximate surface area is 132 Å². The molecule has 0 aliphatic carbocycles. The first-order valence-electron chi connectivity index (χ1n) is 7.57. The molecule has 1 aromatic carbocycles. The lowest BCUT2D eigenvalue weighted by Crippen LogP contribution is -2.33. The smallest absolute Gasteiger partial charge is 0.0536 e. The maximum atomic E-state index is 12.3. The predicted octanol–water partition coefficient (Wildman–Crippen LogP) is 4.87. The number of rotatable bonds is 2. The third-order valence-electron chi connectivity index (χ3n) is 4.46. The van der Waals surface area contributed by atoms with E-state index in [9.17, 15) is 4.21 Å². The fraction of sp³-hybridized carbons (Fsp3) is 0.333. The molecule has 0 N–H and O–H groups in total. The van der Waals surface area contributed by atoms with Crippen molar-refractivity contribution in [1.82, 2.24) is 0 Å². The molecule has 3 heteroatoms. The van der Waals surface area contributed by atoms with E-state index in [0.717, 1.165) is 19.3 Å². The van der Waals surface area contributed by atoms with Crippen molar-refractivity contribution in [3.05, 3.63) is 53.4 Å². The lowest BCUT2D eigenvalue weighted by molar-refractivity contribution is 0.580. The highest BCUT2D eigenvalue weighted by molar-refractivity contribution is 7.86. The van der Waals surface area contributed by atoms with Gasteiger partial charge in [0, 0.05) is 25.8 Å². The van der Waals surface area contributed by atoms with E-state index in [2.05, 4.69) is 48.5 Å². The second kappa shape index (κ2) is 5.54. The minimum atomic E-state index is -0.631. The van der Waals surface area contributed by atoms with Crippen LogP contribution >= 0.6 is 11.3 Å². The molecule has 2 aliphatic rings. The normalized spacial score (nSPS) is 28.2. The lowest BCUT2D eigenvalue weighted by Gasteiger charge is -2.32. The zero-order valence-electron chi connectivity index (χ0n) is 11.8. The van der Waals surface area contributed by atoms with Gasteiger partial charge in [-0.05, 0) is 42.5 Å². The topological polar surface area (TPSA) is 17.1 Å². The maximum Gasteiger partial charge on any atom is 0.0536 e. The molecule has 1 fully saturated rings. The van der Waals surface area contributed by atoms with Crippen molar-refractivity contribution in [2.45, 2.75) is 36.2 Å². The molecule has 3 atom stereocenters. The van der Waals surface area contributed by atoms with E-state index in [1.54, 1.807) is 0 Å². The second-order valence-corrected chi connectivity index (χ2v) is 8.86. The van der Waals surface area contributed by atoms with Crippen LogP contribution in [0.3, 0.4) is 0 Å². The highest BCUT2D eigenvalue weighted by atomic mass is 32.2. The summed E-state index contributed by atoms with van der Waals surface area (Å²) < 4.78 is 12.3. The molecule has 1 nitrogen and oxygen atoms in total. The molecule has 2 bridgehead atoms. The van der Waals surface area contributed by atoms with Crippen LogP contribution in [0.4, 0.5) is 0 Å². The van der Waals surface area contributed by atoms with Crippen LogP contribution in [0.5, 0.6) is 0 Å². The molecule has 21 heavy (non-hydrogen) atoms. The van der Waals surface area contributed by atoms with E-state index < -0.39 is 10.8 Å². The summed E-state index contributed by atoms with van der Waals surface area (Å²) in [5.41, 5.74) is 2.71. The van der Waals surface area contributed by atoms with Crippen molar-refractivity contribution in [2.24, 2.45) is 0 Å². The van der Waals surface area contributed by atoms with Crippen molar-refractivity contribution < 1.29 is 4.21 Å². The molecule has 3 unspecified atom stereocenters. The van der Waals surface area contributed by atoms with Gasteiger partial charge in [-0.2, -0.15) is 0 Å². The zero-order valence-corrected chi connectivity index (χ0v) is 13.5. The number of fused-ring (bicyclic) bond motifs is 2. The Hall–Kier alpha value is -1.19. The third kappa shape index (κ3) is 2.53. The predicted molar refractivity (Wildman–Crippen MR) is 91.9 cm³/mol. The summed E-state index contributed by atoms with van der Waals surface area (Å²) in [5.74, 6) is 0. The van der Waals surface area contributed by atoms with Crippen LogP contribution in [-0.4, -0.2) is 14.7 Å². The van der Waals surface area contributed by atoms with Crippen LogP contribution in [0.1, 0.15) is 30.6 Å². The molecule has 1 aromatic heterocycles. The van der Waals surface area contributed by atoms with Gasteiger partial charge >= 0.3 is 0 Å².